The molecule has 0 saturated carbocycles. The van der Waals surface area contributed by atoms with Gasteiger partial charge in [-0.1, -0.05) is 41.4 Å². The minimum atomic E-state index is -1.34. The Morgan fingerprint density at radius 1 is 1.04 bits per heavy atom. The van der Waals surface area contributed by atoms with Crippen LogP contribution in [0.5, 0.6) is 0 Å². The number of aromatic carboxylic acids is 1. The van der Waals surface area contributed by atoms with Crippen LogP contribution in [0.3, 0.4) is 0 Å². The van der Waals surface area contributed by atoms with Crippen molar-refractivity contribution >= 4 is 39.8 Å². The van der Waals surface area contributed by atoms with Crippen LogP contribution in [0.25, 0.3) is 11.1 Å². The third-order valence-electron chi connectivity index (χ3n) is 3.69. The van der Waals surface area contributed by atoms with Crippen molar-refractivity contribution < 1.29 is 14.7 Å². The molecule has 0 fully saturated rings. The summed E-state index contributed by atoms with van der Waals surface area (Å²) in [6, 6.07) is 13.8. The number of nitrogens with one attached hydrogen (secondary N) is 1. The Morgan fingerprint density at radius 2 is 1.68 bits per heavy atom. The summed E-state index contributed by atoms with van der Waals surface area (Å²) in [6.07, 6.45) is 0. The topological polar surface area (TPSA) is 69.2 Å². The Morgan fingerprint density at radius 3 is 2.28 bits per heavy atom. The van der Waals surface area contributed by atoms with Crippen LogP contribution in [0.15, 0.2) is 53.9 Å². The van der Waals surface area contributed by atoms with Crippen LogP contribution < -0.4 is 10.4 Å². The lowest BCUT2D eigenvalue weighted by Gasteiger charge is -2.10. The number of hydrogen-bond donors (Lipinski definition) is 1. The first-order chi connectivity index (χ1) is 12.0. The quantitative estimate of drug-likeness (QED) is 0.754. The van der Waals surface area contributed by atoms with E-state index in [4.69, 9.17) is 11.6 Å². The standard InChI is InChI=1S/C19H14ClNO3S/c1-11-2-4-13(5-3-11)17(22)21-18-16(19(23)24)15(10-25-18)12-6-8-14(20)9-7-12/h2-10H,1H3,(H,21,22)(H,23,24)/p-1. The second-order valence-electron chi connectivity index (χ2n) is 5.47. The van der Waals surface area contributed by atoms with E-state index in [1.165, 1.54) is 0 Å². The van der Waals surface area contributed by atoms with Gasteiger partial charge in [0, 0.05) is 27.1 Å². The fourth-order valence-corrected chi connectivity index (χ4v) is 3.45. The molecule has 6 heteroatoms. The van der Waals surface area contributed by atoms with E-state index in [2.05, 4.69) is 5.32 Å². The molecule has 0 spiro atoms. The van der Waals surface area contributed by atoms with Gasteiger partial charge in [0.25, 0.3) is 5.91 Å². The van der Waals surface area contributed by atoms with Gasteiger partial charge in [-0.05, 0) is 36.8 Å². The molecule has 0 aliphatic carbocycles. The van der Waals surface area contributed by atoms with Gasteiger partial charge in [0.2, 0.25) is 0 Å². The summed E-state index contributed by atoms with van der Waals surface area (Å²) in [5.74, 6) is -1.71. The summed E-state index contributed by atoms with van der Waals surface area (Å²) in [5, 5.41) is 16.8. The van der Waals surface area contributed by atoms with Crippen molar-refractivity contribution in [1.82, 2.24) is 0 Å². The fraction of sp³-hybridized carbons (Fsp3) is 0.0526. The molecule has 0 atom stereocenters. The molecule has 0 aliphatic rings. The van der Waals surface area contributed by atoms with Crippen molar-refractivity contribution in [1.29, 1.82) is 0 Å². The number of carboxylic acid groups (broad SMARTS) is 1. The van der Waals surface area contributed by atoms with Gasteiger partial charge >= 0.3 is 0 Å². The minimum absolute atomic E-state index is 0.0345. The highest BCUT2D eigenvalue weighted by atomic mass is 35.5. The molecule has 1 aromatic heterocycles. The summed E-state index contributed by atoms with van der Waals surface area (Å²) in [4.78, 5) is 24.0. The zero-order chi connectivity index (χ0) is 18.0. The number of thiophene rings is 1. The summed E-state index contributed by atoms with van der Waals surface area (Å²) in [6.45, 7) is 1.92. The number of rotatable bonds is 4. The first-order valence-electron chi connectivity index (χ1n) is 7.42. The van der Waals surface area contributed by atoms with Crippen molar-refractivity contribution in [2.75, 3.05) is 5.32 Å². The van der Waals surface area contributed by atoms with Crippen molar-refractivity contribution in [3.8, 4) is 11.1 Å². The van der Waals surface area contributed by atoms with E-state index in [-0.39, 0.29) is 16.5 Å². The van der Waals surface area contributed by atoms with Gasteiger partial charge in [-0.25, -0.2) is 0 Å². The van der Waals surface area contributed by atoms with Gasteiger partial charge < -0.3 is 15.2 Å². The van der Waals surface area contributed by atoms with Crippen LogP contribution in [0.2, 0.25) is 5.02 Å². The number of amides is 1. The lowest BCUT2D eigenvalue weighted by molar-refractivity contribution is -0.254. The van der Waals surface area contributed by atoms with Gasteiger partial charge in [-0.2, -0.15) is 0 Å². The van der Waals surface area contributed by atoms with Crippen LogP contribution in [0, 0.1) is 6.92 Å². The molecular weight excluding hydrogens is 358 g/mol. The molecule has 1 N–H and O–H groups in total. The lowest BCUT2D eigenvalue weighted by atomic mass is 10.0. The summed E-state index contributed by atoms with van der Waals surface area (Å²) in [5.41, 5.74) is 2.63. The van der Waals surface area contributed by atoms with Crippen LogP contribution in [-0.4, -0.2) is 11.9 Å². The first-order valence-corrected chi connectivity index (χ1v) is 8.68. The molecule has 25 heavy (non-hydrogen) atoms. The maximum atomic E-state index is 12.4. The minimum Gasteiger partial charge on any atom is -0.545 e. The summed E-state index contributed by atoms with van der Waals surface area (Å²) < 4.78 is 0. The number of hydrogen-bond acceptors (Lipinski definition) is 4. The van der Waals surface area contributed by atoms with E-state index in [0.717, 1.165) is 16.9 Å². The Hall–Kier alpha value is -2.63. The summed E-state index contributed by atoms with van der Waals surface area (Å²) in [7, 11) is 0. The molecule has 1 heterocycles. The van der Waals surface area contributed by atoms with Crippen LogP contribution >= 0.6 is 22.9 Å². The predicted octanol–water partition coefficient (Wildman–Crippen LogP) is 3.99. The number of carboxylic acids is 1. The molecule has 0 saturated heterocycles. The average Bonchev–Trinajstić information content (AvgIpc) is 3.00. The van der Waals surface area contributed by atoms with E-state index >= 15 is 0 Å². The first kappa shape index (κ1) is 17.2. The number of aryl methyl sites for hydroxylation is 1. The SMILES string of the molecule is Cc1ccc(C(=O)Nc2scc(-c3ccc(Cl)cc3)c2C(=O)[O-])cc1. The van der Waals surface area contributed by atoms with Gasteiger partial charge in [0.15, 0.2) is 0 Å². The second kappa shape index (κ2) is 7.09. The van der Waals surface area contributed by atoms with Gasteiger partial charge in [0.1, 0.15) is 5.00 Å². The Balaban J connectivity index is 1.94. The Kier molecular flexibility index (Phi) is 4.88. The highest BCUT2D eigenvalue weighted by Crippen LogP contribution is 2.35. The normalized spacial score (nSPS) is 10.5. The van der Waals surface area contributed by atoms with Crippen molar-refractivity contribution in [2.45, 2.75) is 6.92 Å². The van der Waals surface area contributed by atoms with Gasteiger partial charge in [-0.3, -0.25) is 4.79 Å². The number of halogens is 1. The third-order valence-corrected chi connectivity index (χ3v) is 4.84. The largest absolute Gasteiger partial charge is 0.545 e. The van der Waals surface area contributed by atoms with E-state index in [0.29, 0.717) is 21.7 Å². The van der Waals surface area contributed by atoms with Crippen molar-refractivity contribution in [3.05, 3.63) is 75.6 Å². The summed E-state index contributed by atoms with van der Waals surface area (Å²) >= 11 is 7.02. The molecule has 4 nitrogen and oxygen atoms in total. The maximum Gasteiger partial charge on any atom is 0.256 e. The maximum absolute atomic E-state index is 12.4. The second-order valence-corrected chi connectivity index (χ2v) is 6.78. The molecule has 0 radical (unpaired) electrons. The predicted molar refractivity (Wildman–Crippen MR) is 98.2 cm³/mol. The van der Waals surface area contributed by atoms with E-state index in [1.54, 1.807) is 41.8 Å². The number of benzene rings is 2. The highest BCUT2D eigenvalue weighted by Gasteiger charge is 2.17. The average molecular weight is 371 g/mol. The van der Waals surface area contributed by atoms with Gasteiger partial charge in [0.05, 0.1) is 5.97 Å². The van der Waals surface area contributed by atoms with Crippen molar-refractivity contribution in [3.63, 3.8) is 0 Å². The molecule has 1 amide bonds. The molecule has 0 bridgehead atoms. The zero-order valence-corrected chi connectivity index (χ0v) is 14.8. The van der Waals surface area contributed by atoms with Crippen LogP contribution in [0.4, 0.5) is 5.00 Å². The number of carbonyl (C=O) groups excluding carboxylic acids is 2. The molecule has 2 aromatic carbocycles. The fourth-order valence-electron chi connectivity index (χ4n) is 2.37. The van der Waals surface area contributed by atoms with E-state index in [9.17, 15) is 14.7 Å². The monoisotopic (exact) mass is 370 g/mol. The van der Waals surface area contributed by atoms with Gasteiger partial charge in [-0.15, -0.1) is 11.3 Å². The van der Waals surface area contributed by atoms with Crippen LogP contribution in [-0.2, 0) is 0 Å². The molecule has 3 aromatic rings. The highest BCUT2D eigenvalue weighted by molar-refractivity contribution is 7.15. The number of anilines is 1. The van der Waals surface area contributed by atoms with Crippen molar-refractivity contribution in [2.24, 2.45) is 0 Å². The molecule has 0 aliphatic heterocycles. The molecule has 3 rings (SSSR count). The van der Waals surface area contributed by atoms with E-state index in [1.807, 2.05) is 19.1 Å². The Bertz CT molecular complexity index is 930. The molecule has 126 valence electrons. The lowest BCUT2D eigenvalue weighted by Crippen LogP contribution is -2.24. The third kappa shape index (κ3) is 3.73. The molecular formula is C19H13ClNO3S-. The number of carbonyl (C=O) groups is 2. The molecule has 0 unspecified atom stereocenters. The van der Waals surface area contributed by atoms with E-state index < -0.39 is 5.97 Å². The van der Waals surface area contributed by atoms with Crippen LogP contribution in [0.1, 0.15) is 26.3 Å². The smallest absolute Gasteiger partial charge is 0.256 e. The Labute approximate surface area is 153 Å². The zero-order valence-electron chi connectivity index (χ0n) is 13.2.